The molecule has 1 aliphatic carbocycles. The minimum Gasteiger partial charge on any atom is -0.466 e. The van der Waals surface area contributed by atoms with Crippen LogP contribution in [0.25, 0.3) is 0 Å². The van der Waals surface area contributed by atoms with Crippen LogP contribution in [0.2, 0.25) is 0 Å². The second-order valence-electron chi connectivity index (χ2n) is 7.85. The highest BCUT2D eigenvalue weighted by Gasteiger charge is 2.39. The van der Waals surface area contributed by atoms with E-state index in [1.807, 2.05) is 6.92 Å². The van der Waals surface area contributed by atoms with Crippen molar-refractivity contribution in [1.82, 2.24) is 9.80 Å². The number of nitrogens with zero attached hydrogens (tertiary/aromatic N) is 2. The van der Waals surface area contributed by atoms with Crippen LogP contribution >= 0.6 is 0 Å². The fraction of sp³-hybridized carbons (Fsp3) is 0.947. The molecule has 2 heterocycles. The molecule has 144 valence electrons. The van der Waals surface area contributed by atoms with E-state index in [0.29, 0.717) is 30.9 Å². The molecular weight excluding hydrogens is 320 g/mol. The Bertz CT molecular complexity index is 433. The van der Waals surface area contributed by atoms with E-state index in [-0.39, 0.29) is 11.9 Å². The lowest BCUT2D eigenvalue weighted by molar-refractivity contribution is -0.150. The van der Waals surface area contributed by atoms with Crippen LogP contribution < -0.4 is 0 Å². The summed E-state index contributed by atoms with van der Waals surface area (Å²) in [6.07, 6.45) is 5.67. The monoisotopic (exact) mass is 354 g/mol. The van der Waals surface area contributed by atoms with Crippen LogP contribution in [0.15, 0.2) is 0 Å². The molecule has 1 saturated carbocycles. The first-order valence-corrected chi connectivity index (χ1v) is 9.86. The molecule has 6 heteroatoms. The Hall–Kier alpha value is -0.690. The first-order valence-electron chi connectivity index (χ1n) is 9.86. The molecule has 25 heavy (non-hydrogen) atoms. The number of carbonyl (C=O) groups is 1. The van der Waals surface area contributed by atoms with Gasteiger partial charge in [-0.2, -0.15) is 0 Å². The summed E-state index contributed by atoms with van der Waals surface area (Å²) in [6.45, 7) is 6.42. The zero-order chi connectivity index (χ0) is 17.8. The molecule has 6 nitrogen and oxygen atoms in total. The average Bonchev–Trinajstić information content (AvgIpc) is 2.93. The number of rotatable bonds is 7. The van der Waals surface area contributed by atoms with Gasteiger partial charge in [0.15, 0.2) is 0 Å². The van der Waals surface area contributed by atoms with E-state index in [1.54, 1.807) is 7.11 Å². The van der Waals surface area contributed by atoms with E-state index in [9.17, 15) is 4.79 Å². The first-order chi connectivity index (χ1) is 12.1. The van der Waals surface area contributed by atoms with Gasteiger partial charge in [0.05, 0.1) is 31.3 Å². The molecule has 3 rings (SSSR count). The molecule has 0 unspecified atom stereocenters. The maximum atomic E-state index is 11.8. The molecule has 3 aliphatic rings. The molecular formula is C19H34N2O4. The van der Waals surface area contributed by atoms with Crippen LogP contribution in [-0.2, 0) is 19.0 Å². The van der Waals surface area contributed by atoms with Crippen LogP contribution in [0.4, 0.5) is 0 Å². The quantitative estimate of drug-likeness (QED) is 0.646. The van der Waals surface area contributed by atoms with E-state index in [2.05, 4.69) is 16.8 Å². The maximum absolute atomic E-state index is 11.8. The zero-order valence-electron chi connectivity index (χ0n) is 16.0. The van der Waals surface area contributed by atoms with Crippen LogP contribution in [0.1, 0.15) is 39.0 Å². The lowest BCUT2D eigenvalue weighted by atomic mass is 9.87. The predicted octanol–water partition coefficient (Wildman–Crippen LogP) is 1.53. The van der Waals surface area contributed by atoms with Gasteiger partial charge in [0, 0.05) is 38.8 Å². The smallest absolute Gasteiger partial charge is 0.308 e. The highest BCUT2D eigenvalue weighted by Crippen LogP contribution is 2.29. The largest absolute Gasteiger partial charge is 0.466 e. The first kappa shape index (κ1) is 19.1. The highest BCUT2D eigenvalue weighted by molar-refractivity contribution is 5.72. The number of likely N-dealkylation sites (N-methyl/N-ethyl adjacent to an activating group) is 1. The summed E-state index contributed by atoms with van der Waals surface area (Å²) in [6, 6.07) is 1.15. The summed E-state index contributed by atoms with van der Waals surface area (Å²) in [4.78, 5) is 16.8. The molecule has 0 radical (unpaired) electrons. The fourth-order valence-corrected chi connectivity index (χ4v) is 4.40. The van der Waals surface area contributed by atoms with Gasteiger partial charge in [-0.1, -0.05) is 0 Å². The molecule has 0 aromatic rings. The Morgan fingerprint density at radius 3 is 2.44 bits per heavy atom. The Labute approximate surface area is 151 Å². The van der Waals surface area contributed by atoms with Gasteiger partial charge in [-0.05, 0) is 46.1 Å². The van der Waals surface area contributed by atoms with Crippen molar-refractivity contribution < 1.29 is 19.0 Å². The molecule has 0 spiro atoms. The maximum Gasteiger partial charge on any atom is 0.308 e. The summed E-state index contributed by atoms with van der Waals surface area (Å²) in [5, 5.41) is 0. The van der Waals surface area contributed by atoms with E-state index in [4.69, 9.17) is 14.2 Å². The van der Waals surface area contributed by atoms with Crippen molar-refractivity contribution in [2.24, 2.45) is 5.92 Å². The van der Waals surface area contributed by atoms with Crippen molar-refractivity contribution in [1.29, 1.82) is 0 Å². The minimum atomic E-state index is -0.0248. The van der Waals surface area contributed by atoms with Gasteiger partial charge < -0.3 is 14.2 Å². The summed E-state index contributed by atoms with van der Waals surface area (Å²) in [5.41, 5.74) is 0. The minimum absolute atomic E-state index is 0.0248. The van der Waals surface area contributed by atoms with Crippen molar-refractivity contribution in [2.45, 2.75) is 63.3 Å². The van der Waals surface area contributed by atoms with Crippen molar-refractivity contribution in [3.63, 3.8) is 0 Å². The average molecular weight is 354 g/mol. The SMILES string of the molecule is CCOC(=O)C1CCC(OC[C@@H]2C[C@H](N3CC(OC)C3)CN2C)CC1. The third kappa shape index (κ3) is 4.73. The zero-order valence-corrected chi connectivity index (χ0v) is 16.0. The lowest BCUT2D eigenvalue weighted by Gasteiger charge is -2.42. The van der Waals surface area contributed by atoms with Gasteiger partial charge >= 0.3 is 5.97 Å². The van der Waals surface area contributed by atoms with Crippen molar-refractivity contribution in [2.75, 3.05) is 47.0 Å². The summed E-state index contributed by atoms with van der Waals surface area (Å²) in [7, 11) is 4.01. The van der Waals surface area contributed by atoms with E-state index in [1.165, 1.54) is 6.42 Å². The molecule has 0 amide bonds. The highest BCUT2D eigenvalue weighted by atomic mass is 16.5. The normalized spacial score (nSPS) is 34.8. The number of esters is 1. The van der Waals surface area contributed by atoms with E-state index in [0.717, 1.165) is 51.9 Å². The van der Waals surface area contributed by atoms with Crippen molar-refractivity contribution in [3.8, 4) is 0 Å². The number of ether oxygens (including phenoxy) is 3. The van der Waals surface area contributed by atoms with Crippen LogP contribution in [0.3, 0.4) is 0 Å². The van der Waals surface area contributed by atoms with Crippen LogP contribution in [0, 0.1) is 5.92 Å². The second kappa shape index (κ2) is 8.80. The summed E-state index contributed by atoms with van der Waals surface area (Å²) in [5.74, 6) is 0.0571. The second-order valence-corrected chi connectivity index (χ2v) is 7.85. The van der Waals surface area contributed by atoms with Gasteiger partial charge in [0.25, 0.3) is 0 Å². The number of hydrogen-bond donors (Lipinski definition) is 0. The van der Waals surface area contributed by atoms with Gasteiger partial charge in [0.2, 0.25) is 0 Å². The molecule has 3 fully saturated rings. The topological polar surface area (TPSA) is 51.2 Å². The summed E-state index contributed by atoms with van der Waals surface area (Å²) < 4.78 is 16.7. The number of likely N-dealkylation sites (tertiary alicyclic amines) is 2. The predicted molar refractivity (Wildman–Crippen MR) is 95.5 cm³/mol. The fourth-order valence-electron chi connectivity index (χ4n) is 4.40. The molecule has 2 saturated heterocycles. The summed E-state index contributed by atoms with van der Waals surface area (Å²) >= 11 is 0. The lowest BCUT2D eigenvalue weighted by Crippen LogP contribution is -2.56. The van der Waals surface area contributed by atoms with Crippen molar-refractivity contribution in [3.05, 3.63) is 0 Å². The number of hydrogen-bond acceptors (Lipinski definition) is 6. The third-order valence-corrected chi connectivity index (χ3v) is 6.21. The molecule has 0 aromatic heterocycles. The van der Waals surface area contributed by atoms with Crippen LogP contribution in [0.5, 0.6) is 0 Å². The van der Waals surface area contributed by atoms with Gasteiger partial charge in [-0.25, -0.2) is 0 Å². The third-order valence-electron chi connectivity index (χ3n) is 6.21. The standard InChI is InChI=1S/C19H34N2O4/c1-4-24-19(22)14-5-7-17(8-6-14)25-13-16-9-15(10-20(16)2)21-11-18(12-21)23-3/h14-18H,4-13H2,1-3H3/t14?,15-,16-,17?/m0/s1. The Morgan fingerprint density at radius 2 is 1.80 bits per heavy atom. The number of methoxy groups -OCH3 is 1. The van der Waals surface area contributed by atoms with E-state index < -0.39 is 0 Å². The molecule has 2 aliphatic heterocycles. The van der Waals surface area contributed by atoms with Gasteiger partial charge in [-0.15, -0.1) is 0 Å². The molecule has 2 atom stereocenters. The van der Waals surface area contributed by atoms with Crippen molar-refractivity contribution >= 4 is 5.97 Å². The molecule has 0 N–H and O–H groups in total. The Kier molecular flexibility index (Phi) is 6.72. The molecule has 0 aromatic carbocycles. The van der Waals surface area contributed by atoms with Gasteiger partial charge in [-0.3, -0.25) is 14.6 Å². The molecule has 0 bridgehead atoms. The van der Waals surface area contributed by atoms with Crippen LogP contribution in [-0.4, -0.2) is 87.1 Å². The van der Waals surface area contributed by atoms with E-state index >= 15 is 0 Å². The Morgan fingerprint density at radius 1 is 1.08 bits per heavy atom. The Balaban J connectivity index is 1.35. The number of carbonyl (C=O) groups excluding carboxylic acids is 1. The van der Waals surface area contributed by atoms with Gasteiger partial charge in [0.1, 0.15) is 0 Å².